The summed E-state index contributed by atoms with van der Waals surface area (Å²) in [7, 11) is 4.05. The Morgan fingerprint density at radius 1 is 1.15 bits per heavy atom. The van der Waals surface area contributed by atoms with Crippen LogP contribution in [0.15, 0.2) is 60.0 Å². The second kappa shape index (κ2) is 8.93. The fraction of sp³-hybridized carbons (Fsp3) is 0.273. The number of hydrogen-bond donors (Lipinski definition) is 1. The summed E-state index contributed by atoms with van der Waals surface area (Å²) in [4.78, 5) is 19.2. The smallest absolute Gasteiger partial charge is 0.226 e. The van der Waals surface area contributed by atoms with Gasteiger partial charge in [0, 0.05) is 17.5 Å². The normalized spacial score (nSPS) is 12.1. The summed E-state index contributed by atoms with van der Waals surface area (Å²) in [5.41, 5.74) is 4.31. The maximum atomic E-state index is 12.4. The molecular formula is C22H25N3OS. The zero-order chi connectivity index (χ0) is 19.2. The van der Waals surface area contributed by atoms with Crippen LogP contribution in [0, 0.1) is 6.92 Å². The topological polar surface area (TPSA) is 45.2 Å². The van der Waals surface area contributed by atoms with Gasteiger partial charge in [0.15, 0.2) is 0 Å². The van der Waals surface area contributed by atoms with Crippen molar-refractivity contribution in [2.24, 2.45) is 0 Å². The molecule has 5 heteroatoms. The molecule has 1 aromatic heterocycles. The SMILES string of the molecule is Cc1cccc(-c2nc(CC(=O)NCC(c3ccccc3)N(C)C)cs2)c1. The lowest BCUT2D eigenvalue weighted by Gasteiger charge is -2.25. The molecule has 1 unspecified atom stereocenters. The molecule has 2 aromatic carbocycles. The van der Waals surface area contributed by atoms with Crippen LogP contribution < -0.4 is 5.32 Å². The molecule has 3 rings (SSSR count). The molecule has 140 valence electrons. The van der Waals surface area contributed by atoms with Crippen molar-refractivity contribution in [1.82, 2.24) is 15.2 Å². The van der Waals surface area contributed by atoms with Crippen LogP contribution in [-0.2, 0) is 11.2 Å². The summed E-state index contributed by atoms with van der Waals surface area (Å²) in [6, 6.07) is 18.6. The second-order valence-electron chi connectivity index (χ2n) is 6.88. The van der Waals surface area contributed by atoms with E-state index in [2.05, 4.69) is 52.5 Å². The Labute approximate surface area is 164 Å². The second-order valence-corrected chi connectivity index (χ2v) is 7.74. The number of thiazole rings is 1. The minimum absolute atomic E-state index is 0.00104. The van der Waals surface area contributed by atoms with Gasteiger partial charge in [-0.05, 0) is 32.6 Å². The van der Waals surface area contributed by atoms with E-state index in [-0.39, 0.29) is 11.9 Å². The molecule has 27 heavy (non-hydrogen) atoms. The first-order valence-corrected chi connectivity index (χ1v) is 9.90. The van der Waals surface area contributed by atoms with Gasteiger partial charge in [0.2, 0.25) is 5.91 Å². The van der Waals surface area contributed by atoms with E-state index in [1.165, 1.54) is 11.1 Å². The highest BCUT2D eigenvalue weighted by atomic mass is 32.1. The number of carbonyl (C=O) groups excluding carboxylic acids is 1. The highest BCUT2D eigenvalue weighted by Gasteiger charge is 2.16. The Morgan fingerprint density at radius 3 is 2.63 bits per heavy atom. The molecule has 0 aliphatic heterocycles. The van der Waals surface area contributed by atoms with Crippen LogP contribution in [0.1, 0.15) is 22.9 Å². The number of aromatic nitrogens is 1. The largest absolute Gasteiger partial charge is 0.354 e. The molecule has 0 spiro atoms. The van der Waals surface area contributed by atoms with E-state index in [0.29, 0.717) is 13.0 Å². The first kappa shape index (κ1) is 19.3. The Kier molecular flexibility index (Phi) is 6.37. The van der Waals surface area contributed by atoms with Crippen LogP contribution in [0.3, 0.4) is 0 Å². The molecule has 0 saturated heterocycles. The minimum atomic E-state index is -0.00104. The van der Waals surface area contributed by atoms with Crippen molar-refractivity contribution in [3.05, 3.63) is 76.8 Å². The van der Waals surface area contributed by atoms with Gasteiger partial charge in [-0.2, -0.15) is 0 Å². The van der Waals surface area contributed by atoms with Gasteiger partial charge < -0.3 is 10.2 Å². The molecule has 3 aromatic rings. The molecule has 0 bridgehead atoms. The zero-order valence-electron chi connectivity index (χ0n) is 16.0. The first-order valence-electron chi connectivity index (χ1n) is 9.02. The third-order valence-corrected chi connectivity index (χ3v) is 5.40. The standard InChI is InChI=1S/C22H25N3OS/c1-16-8-7-11-18(12-16)22-24-19(15-27-22)13-21(26)23-14-20(25(2)3)17-9-5-4-6-10-17/h4-12,15,20H,13-14H2,1-3H3,(H,23,26). The van der Waals surface area contributed by atoms with Crippen molar-refractivity contribution in [1.29, 1.82) is 0 Å². The summed E-state index contributed by atoms with van der Waals surface area (Å²) >= 11 is 1.58. The zero-order valence-corrected chi connectivity index (χ0v) is 16.8. The van der Waals surface area contributed by atoms with E-state index in [1.807, 2.05) is 43.7 Å². The van der Waals surface area contributed by atoms with Crippen LogP contribution in [0.4, 0.5) is 0 Å². The Balaban J connectivity index is 1.59. The quantitative estimate of drug-likeness (QED) is 0.673. The Bertz CT molecular complexity index is 889. The van der Waals surface area contributed by atoms with Gasteiger partial charge in [-0.3, -0.25) is 4.79 Å². The van der Waals surface area contributed by atoms with Crippen molar-refractivity contribution in [2.45, 2.75) is 19.4 Å². The molecule has 0 aliphatic carbocycles. The van der Waals surface area contributed by atoms with Gasteiger partial charge in [-0.25, -0.2) is 4.98 Å². The van der Waals surface area contributed by atoms with Crippen molar-refractivity contribution in [3.63, 3.8) is 0 Å². The van der Waals surface area contributed by atoms with Crippen LogP contribution in [0.5, 0.6) is 0 Å². The van der Waals surface area contributed by atoms with Gasteiger partial charge in [0.25, 0.3) is 0 Å². The lowest BCUT2D eigenvalue weighted by molar-refractivity contribution is -0.120. The van der Waals surface area contributed by atoms with Crippen molar-refractivity contribution in [3.8, 4) is 10.6 Å². The number of carbonyl (C=O) groups is 1. The molecule has 1 N–H and O–H groups in total. The number of hydrogen-bond acceptors (Lipinski definition) is 4. The van der Waals surface area contributed by atoms with Gasteiger partial charge >= 0.3 is 0 Å². The van der Waals surface area contributed by atoms with Crippen molar-refractivity contribution < 1.29 is 4.79 Å². The molecule has 1 amide bonds. The van der Waals surface area contributed by atoms with E-state index >= 15 is 0 Å². The van der Waals surface area contributed by atoms with E-state index in [4.69, 9.17) is 0 Å². The molecule has 0 saturated carbocycles. The highest BCUT2D eigenvalue weighted by molar-refractivity contribution is 7.13. The van der Waals surface area contributed by atoms with E-state index in [9.17, 15) is 4.79 Å². The Hall–Kier alpha value is -2.50. The molecule has 0 aliphatic rings. The summed E-state index contributed by atoms with van der Waals surface area (Å²) in [6.45, 7) is 2.64. The van der Waals surface area contributed by atoms with Gasteiger partial charge in [-0.15, -0.1) is 11.3 Å². The van der Waals surface area contributed by atoms with Crippen LogP contribution in [-0.4, -0.2) is 36.4 Å². The lowest BCUT2D eigenvalue weighted by Crippen LogP contribution is -2.35. The first-order chi connectivity index (χ1) is 13.0. The van der Waals surface area contributed by atoms with Crippen molar-refractivity contribution in [2.75, 3.05) is 20.6 Å². The third-order valence-electron chi connectivity index (χ3n) is 4.46. The number of nitrogens with one attached hydrogen (secondary N) is 1. The number of amides is 1. The average Bonchev–Trinajstić information content (AvgIpc) is 3.11. The average molecular weight is 380 g/mol. The number of nitrogens with zero attached hydrogens (tertiary/aromatic N) is 2. The summed E-state index contributed by atoms with van der Waals surface area (Å²) in [5.74, 6) is -0.00104. The van der Waals surface area contributed by atoms with Crippen LogP contribution in [0.25, 0.3) is 10.6 Å². The monoisotopic (exact) mass is 379 g/mol. The molecule has 1 heterocycles. The number of rotatable bonds is 7. The maximum absolute atomic E-state index is 12.4. The third kappa shape index (κ3) is 5.25. The predicted octanol–water partition coefficient (Wildman–Crippen LogP) is 4.08. The maximum Gasteiger partial charge on any atom is 0.226 e. The van der Waals surface area contributed by atoms with E-state index in [0.717, 1.165) is 16.3 Å². The summed E-state index contributed by atoms with van der Waals surface area (Å²) in [5, 5.41) is 5.98. The lowest BCUT2D eigenvalue weighted by atomic mass is 10.1. The summed E-state index contributed by atoms with van der Waals surface area (Å²) < 4.78 is 0. The predicted molar refractivity (Wildman–Crippen MR) is 112 cm³/mol. The minimum Gasteiger partial charge on any atom is -0.354 e. The summed E-state index contributed by atoms with van der Waals surface area (Å²) in [6.07, 6.45) is 0.303. The highest BCUT2D eigenvalue weighted by Crippen LogP contribution is 2.24. The van der Waals surface area contributed by atoms with Crippen LogP contribution in [0.2, 0.25) is 0 Å². The van der Waals surface area contributed by atoms with Crippen LogP contribution >= 0.6 is 11.3 Å². The molecule has 4 nitrogen and oxygen atoms in total. The fourth-order valence-corrected chi connectivity index (χ4v) is 3.83. The molecule has 0 fully saturated rings. The van der Waals surface area contributed by atoms with Gasteiger partial charge in [0.1, 0.15) is 5.01 Å². The fourth-order valence-electron chi connectivity index (χ4n) is 3.01. The van der Waals surface area contributed by atoms with Gasteiger partial charge in [-0.1, -0.05) is 54.1 Å². The van der Waals surface area contributed by atoms with Gasteiger partial charge in [0.05, 0.1) is 18.2 Å². The van der Waals surface area contributed by atoms with Crippen molar-refractivity contribution >= 4 is 17.2 Å². The Morgan fingerprint density at radius 2 is 1.93 bits per heavy atom. The number of benzene rings is 2. The molecular weight excluding hydrogens is 354 g/mol. The number of aryl methyl sites for hydroxylation is 1. The molecule has 0 radical (unpaired) electrons. The van der Waals surface area contributed by atoms with E-state index in [1.54, 1.807) is 11.3 Å². The molecule has 1 atom stereocenters. The number of likely N-dealkylation sites (N-methyl/N-ethyl adjacent to an activating group) is 1. The van der Waals surface area contributed by atoms with E-state index < -0.39 is 0 Å².